The van der Waals surface area contributed by atoms with Crippen molar-refractivity contribution >= 4 is 5.91 Å². The molecule has 1 rings (SSSR count). The lowest BCUT2D eigenvalue weighted by Gasteiger charge is -2.34. The molecule has 1 amide bonds. The smallest absolute Gasteiger partial charge is 0.221 e. The standard InChI is InChI=1S/C13H24N2O/c1-5-7-13(3,4)10-15-8-6-12(16)14-9-11(15)2/h5,11H,1,6-10H2,2-4H3,(H,14,16)/t11-/m1/s1. The molecule has 0 radical (unpaired) electrons. The third-order valence-corrected chi connectivity index (χ3v) is 3.17. The van der Waals surface area contributed by atoms with Crippen molar-refractivity contribution in [2.24, 2.45) is 5.41 Å². The number of carbonyl (C=O) groups is 1. The van der Waals surface area contributed by atoms with Gasteiger partial charge in [0, 0.05) is 32.1 Å². The van der Waals surface area contributed by atoms with Crippen molar-refractivity contribution in [1.82, 2.24) is 10.2 Å². The first-order valence-corrected chi connectivity index (χ1v) is 6.06. The molecule has 0 aromatic carbocycles. The Morgan fingerprint density at radius 2 is 2.31 bits per heavy atom. The molecule has 92 valence electrons. The maximum Gasteiger partial charge on any atom is 0.221 e. The van der Waals surface area contributed by atoms with Crippen molar-refractivity contribution in [3.8, 4) is 0 Å². The number of nitrogens with one attached hydrogen (secondary N) is 1. The molecule has 1 N–H and O–H groups in total. The van der Waals surface area contributed by atoms with Gasteiger partial charge in [-0.2, -0.15) is 0 Å². The highest BCUT2D eigenvalue weighted by atomic mass is 16.1. The molecule has 0 bridgehead atoms. The lowest BCUT2D eigenvalue weighted by atomic mass is 9.88. The van der Waals surface area contributed by atoms with Crippen molar-refractivity contribution in [1.29, 1.82) is 0 Å². The Kier molecular flexibility index (Phi) is 4.54. The minimum Gasteiger partial charge on any atom is -0.355 e. The van der Waals surface area contributed by atoms with Crippen LogP contribution in [0, 0.1) is 5.41 Å². The zero-order valence-electron chi connectivity index (χ0n) is 10.8. The number of amides is 1. The molecule has 0 aromatic heterocycles. The fraction of sp³-hybridized carbons (Fsp3) is 0.769. The number of allylic oxidation sites excluding steroid dienone is 1. The van der Waals surface area contributed by atoms with Crippen LogP contribution < -0.4 is 5.32 Å². The van der Waals surface area contributed by atoms with Crippen LogP contribution >= 0.6 is 0 Å². The van der Waals surface area contributed by atoms with Crippen molar-refractivity contribution in [3.63, 3.8) is 0 Å². The number of hydrogen-bond acceptors (Lipinski definition) is 2. The monoisotopic (exact) mass is 224 g/mol. The van der Waals surface area contributed by atoms with Gasteiger partial charge in [-0.1, -0.05) is 19.9 Å². The fourth-order valence-corrected chi connectivity index (χ4v) is 2.18. The summed E-state index contributed by atoms with van der Waals surface area (Å²) in [7, 11) is 0. The lowest BCUT2D eigenvalue weighted by Crippen LogP contribution is -2.42. The predicted octanol–water partition coefficient (Wildman–Crippen LogP) is 1.80. The third kappa shape index (κ3) is 3.97. The molecule has 1 fully saturated rings. The topological polar surface area (TPSA) is 32.3 Å². The van der Waals surface area contributed by atoms with E-state index in [1.54, 1.807) is 0 Å². The summed E-state index contributed by atoms with van der Waals surface area (Å²) in [6.07, 6.45) is 3.61. The molecule has 1 atom stereocenters. The van der Waals surface area contributed by atoms with Crippen LogP contribution in [-0.2, 0) is 4.79 Å². The van der Waals surface area contributed by atoms with Crippen LogP contribution in [0.15, 0.2) is 12.7 Å². The second-order valence-corrected chi connectivity index (χ2v) is 5.53. The summed E-state index contributed by atoms with van der Waals surface area (Å²) < 4.78 is 0. The predicted molar refractivity (Wildman–Crippen MR) is 67.3 cm³/mol. The normalized spacial score (nSPS) is 23.7. The van der Waals surface area contributed by atoms with Crippen molar-refractivity contribution in [2.75, 3.05) is 19.6 Å². The molecular formula is C13H24N2O. The van der Waals surface area contributed by atoms with Gasteiger partial charge >= 0.3 is 0 Å². The Labute approximate surface area is 98.9 Å². The second-order valence-electron chi connectivity index (χ2n) is 5.53. The molecule has 16 heavy (non-hydrogen) atoms. The van der Waals surface area contributed by atoms with E-state index in [0.717, 1.165) is 26.1 Å². The first-order chi connectivity index (χ1) is 7.44. The van der Waals surface area contributed by atoms with E-state index in [0.29, 0.717) is 12.5 Å². The molecule has 3 heteroatoms. The molecule has 0 aliphatic carbocycles. The van der Waals surface area contributed by atoms with E-state index in [-0.39, 0.29) is 11.3 Å². The van der Waals surface area contributed by atoms with Gasteiger partial charge in [0.25, 0.3) is 0 Å². The molecule has 0 aromatic rings. The highest BCUT2D eigenvalue weighted by Gasteiger charge is 2.26. The van der Waals surface area contributed by atoms with Gasteiger partial charge in [-0.25, -0.2) is 0 Å². The highest BCUT2D eigenvalue weighted by molar-refractivity contribution is 5.76. The summed E-state index contributed by atoms with van der Waals surface area (Å²) in [5.41, 5.74) is 0.239. The number of rotatable bonds is 4. The van der Waals surface area contributed by atoms with Crippen molar-refractivity contribution in [3.05, 3.63) is 12.7 Å². The van der Waals surface area contributed by atoms with Crippen LogP contribution in [0.5, 0.6) is 0 Å². The quantitative estimate of drug-likeness (QED) is 0.739. The third-order valence-electron chi connectivity index (χ3n) is 3.17. The SMILES string of the molecule is C=CCC(C)(C)CN1CCC(=O)NC[C@H]1C. The van der Waals surface area contributed by atoms with E-state index in [4.69, 9.17) is 0 Å². The Bertz CT molecular complexity index is 261. The Morgan fingerprint density at radius 3 is 2.94 bits per heavy atom. The average molecular weight is 224 g/mol. The van der Waals surface area contributed by atoms with E-state index in [1.165, 1.54) is 0 Å². The summed E-state index contributed by atoms with van der Waals surface area (Å²) in [6.45, 7) is 13.1. The van der Waals surface area contributed by atoms with Gasteiger partial charge in [-0.15, -0.1) is 6.58 Å². The molecule has 0 unspecified atom stereocenters. The number of carbonyl (C=O) groups excluding carboxylic acids is 1. The van der Waals surface area contributed by atoms with E-state index in [9.17, 15) is 4.79 Å². The molecule has 1 saturated heterocycles. The fourth-order valence-electron chi connectivity index (χ4n) is 2.18. The van der Waals surface area contributed by atoms with Gasteiger partial charge in [0.05, 0.1) is 0 Å². The van der Waals surface area contributed by atoms with Gasteiger partial charge in [-0.05, 0) is 18.8 Å². The van der Waals surface area contributed by atoms with E-state index in [2.05, 4.69) is 37.6 Å². The highest BCUT2D eigenvalue weighted by Crippen LogP contribution is 2.23. The number of nitrogens with zero attached hydrogens (tertiary/aromatic N) is 1. The second kappa shape index (κ2) is 5.48. The van der Waals surface area contributed by atoms with Crippen LogP contribution in [0.25, 0.3) is 0 Å². The molecule has 0 spiro atoms. The molecular weight excluding hydrogens is 200 g/mol. The molecule has 1 aliphatic heterocycles. The minimum atomic E-state index is 0.177. The van der Waals surface area contributed by atoms with Crippen LogP contribution in [-0.4, -0.2) is 36.5 Å². The lowest BCUT2D eigenvalue weighted by molar-refractivity contribution is -0.120. The Balaban J connectivity index is 2.57. The van der Waals surface area contributed by atoms with E-state index < -0.39 is 0 Å². The van der Waals surface area contributed by atoms with Crippen molar-refractivity contribution < 1.29 is 4.79 Å². The zero-order chi connectivity index (χ0) is 12.2. The van der Waals surface area contributed by atoms with Gasteiger partial charge < -0.3 is 5.32 Å². The van der Waals surface area contributed by atoms with Crippen LogP contribution in [0.2, 0.25) is 0 Å². The van der Waals surface area contributed by atoms with Crippen LogP contribution in [0.3, 0.4) is 0 Å². The summed E-state index contributed by atoms with van der Waals surface area (Å²) in [4.78, 5) is 13.7. The average Bonchev–Trinajstić information content (AvgIpc) is 2.33. The Hall–Kier alpha value is -0.830. The minimum absolute atomic E-state index is 0.177. The maximum absolute atomic E-state index is 11.3. The van der Waals surface area contributed by atoms with E-state index in [1.807, 2.05) is 6.08 Å². The molecule has 3 nitrogen and oxygen atoms in total. The number of hydrogen-bond donors (Lipinski definition) is 1. The zero-order valence-corrected chi connectivity index (χ0v) is 10.8. The van der Waals surface area contributed by atoms with Gasteiger partial charge in [0.15, 0.2) is 0 Å². The van der Waals surface area contributed by atoms with Gasteiger partial charge in [0.2, 0.25) is 5.91 Å². The molecule has 1 heterocycles. The van der Waals surface area contributed by atoms with Crippen LogP contribution in [0.4, 0.5) is 0 Å². The van der Waals surface area contributed by atoms with E-state index >= 15 is 0 Å². The molecule has 1 aliphatic rings. The summed E-state index contributed by atoms with van der Waals surface area (Å²) >= 11 is 0. The summed E-state index contributed by atoms with van der Waals surface area (Å²) in [5, 5.41) is 2.94. The molecule has 0 saturated carbocycles. The first kappa shape index (κ1) is 13.2. The van der Waals surface area contributed by atoms with Crippen molar-refractivity contribution in [2.45, 2.75) is 39.7 Å². The summed E-state index contributed by atoms with van der Waals surface area (Å²) in [5.74, 6) is 0.177. The van der Waals surface area contributed by atoms with Gasteiger partial charge in [0.1, 0.15) is 0 Å². The largest absolute Gasteiger partial charge is 0.355 e. The van der Waals surface area contributed by atoms with Crippen LogP contribution in [0.1, 0.15) is 33.6 Å². The first-order valence-electron chi connectivity index (χ1n) is 6.06. The Morgan fingerprint density at radius 1 is 1.62 bits per heavy atom. The van der Waals surface area contributed by atoms with Gasteiger partial charge in [-0.3, -0.25) is 9.69 Å². The summed E-state index contributed by atoms with van der Waals surface area (Å²) in [6, 6.07) is 0.426. The maximum atomic E-state index is 11.3.